The van der Waals surface area contributed by atoms with Gasteiger partial charge in [0.15, 0.2) is 5.78 Å². The number of carbonyl (C=O) groups excluding carboxylic acids is 4. The molecule has 4 rings (SSSR count). The Kier molecular flexibility index (Phi) is 22.7. The molecule has 5 N–H and O–H groups in total. The van der Waals surface area contributed by atoms with Crippen LogP contribution in [0.2, 0.25) is 0 Å². The lowest BCUT2D eigenvalue weighted by atomic mass is 9.78. The van der Waals surface area contributed by atoms with Crippen LogP contribution in [0.25, 0.3) is 0 Å². The lowest BCUT2D eigenvalue weighted by molar-refractivity contribution is -0.264. The fraction of sp³-hybridized carbons (Fsp3) is 0.731. The summed E-state index contributed by atoms with van der Waals surface area (Å²) in [4.78, 5) is 57.9. The number of aliphatic hydroxyl groups excluding tert-OH is 2. The van der Waals surface area contributed by atoms with Crippen molar-refractivity contribution in [1.82, 2.24) is 10.2 Å². The van der Waals surface area contributed by atoms with E-state index >= 15 is 0 Å². The molecule has 390 valence electrons. The summed E-state index contributed by atoms with van der Waals surface area (Å²) < 4.78 is 56.4. The van der Waals surface area contributed by atoms with E-state index < -0.39 is 93.6 Å². The number of amides is 1. The van der Waals surface area contributed by atoms with E-state index in [0.717, 1.165) is 12.0 Å². The molecule has 2 bridgehead atoms. The van der Waals surface area contributed by atoms with Crippen molar-refractivity contribution < 1.29 is 66.4 Å². The molecule has 1 aliphatic carbocycles. The minimum absolute atomic E-state index is 0.0916. The Hall–Kier alpha value is -3.39. The molecule has 0 aromatic carbocycles. The number of carbonyl (C=O) groups is 4. The number of rotatable bonds is 9. The molecule has 3 aliphatic heterocycles. The van der Waals surface area contributed by atoms with Crippen molar-refractivity contribution in [2.24, 2.45) is 29.6 Å². The van der Waals surface area contributed by atoms with Crippen molar-refractivity contribution in [3.8, 4) is 0 Å². The number of ether oxygens (including phenoxy) is 4. The molecule has 0 unspecified atom stereocenters. The number of hydrogen-bond donors (Lipinski definition) is 5. The zero-order valence-corrected chi connectivity index (χ0v) is 43.0. The van der Waals surface area contributed by atoms with Crippen LogP contribution >= 0.6 is 0 Å². The van der Waals surface area contributed by atoms with Gasteiger partial charge in [-0.05, 0) is 132 Å². The van der Waals surface area contributed by atoms with Gasteiger partial charge >= 0.3 is 5.97 Å². The van der Waals surface area contributed by atoms with Gasteiger partial charge in [-0.1, -0.05) is 76.3 Å². The van der Waals surface area contributed by atoms with Crippen LogP contribution < -0.4 is 5.32 Å². The Labute approximate surface area is 410 Å². The first-order chi connectivity index (χ1) is 32.5. The van der Waals surface area contributed by atoms with Crippen LogP contribution in [-0.2, 0) is 48.2 Å². The number of esters is 1. The first-order valence-corrected chi connectivity index (χ1v) is 26.6. The Balaban J connectivity index is 1.70. The standard InChI is InChI=1S/C52H82N2O14S/c1-32-15-11-10-12-16-34(3)41(53-24-26-69(62,63)64)31-40-21-19-38(7)52(61,68-40)49(58)50(59)54-25-14-13-17-42(54)51(60)67-44(35(4)29-39-20-22-43(55)45(30-39)65-8)23-18-33(2)28-37(6)47(57)48(66-9)46(56)36(5)27-32/h10-12,15-16,28,32-33,35,38-45,47-48,53,55,57,61H,5,13-14,17-27,29-31H2,1-4,6-9H3,(H,62,63,64)/b12-10+,15-11+,34-16+,37-28+/t32-,33+,35-,38-,39+,40+,41-,42+,43-,44+,45-,47-,48+,52-/m1/s1. The van der Waals surface area contributed by atoms with Gasteiger partial charge < -0.3 is 44.5 Å². The fourth-order valence-electron chi connectivity index (χ4n) is 10.4. The number of hydrogen-bond acceptors (Lipinski definition) is 14. The normalized spacial score (nSPS) is 37.9. The van der Waals surface area contributed by atoms with Gasteiger partial charge in [-0.15, -0.1) is 0 Å². The Morgan fingerprint density at radius 1 is 0.913 bits per heavy atom. The lowest BCUT2D eigenvalue weighted by Crippen LogP contribution is -2.61. The maximum Gasteiger partial charge on any atom is 0.329 e. The summed E-state index contributed by atoms with van der Waals surface area (Å²) in [5.74, 6) is -7.30. The monoisotopic (exact) mass is 991 g/mol. The van der Waals surface area contributed by atoms with Gasteiger partial charge in [-0.25, -0.2) is 4.79 Å². The molecule has 3 fully saturated rings. The highest BCUT2D eigenvalue weighted by Gasteiger charge is 2.53. The molecule has 14 atom stereocenters. The van der Waals surface area contributed by atoms with Crippen LogP contribution in [0.5, 0.6) is 0 Å². The van der Waals surface area contributed by atoms with Gasteiger partial charge in [0, 0.05) is 39.3 Å². The molecular formula is C52H82N2O14S. The van der Waals surface area contributed by atoms with Gasteiger partial charge in [0.2, 0.25) is 5.79 Å². The maximum atomic E-state index is 14.4. The third-order valence-electron chi connectivity index (χ3n) is 14.7. The number of fused-ring (bicyclic) bond motifs is 3. The van der Waals surface area contributed by atoms with Crippen LogP contribution in [0.3, 0.4) is 0 Å². The number of allylic oxidation sites excluding steroid dienone is 6. The zero-order chi connectivity index (χ0) is 51.2. The second kappa shape index (κ2) is 26.9. The van der Waals surface area contributed by atoms with Crippen molar-refractivity contribution in [3.63, 3.8) is 0 Å². The molecule has 1 amide bonds. The summed E-state index contributed by atoms with van der Waals surface area (Å²) in [6.45, 7) is 15.2. The first kappa shape index (κ1) is 58.2. The van der Waals surface area contributed by atoms with Crippen LogP contribution in [0.1, 0.15) is 125 Å². The fourth-order valence-corrected chi connectivity index (χ4v) is 10.7. The molecule has 0 aromatic heterocycles. The summed E-state index contributed by atoms with van der Waals surface area (Å²) in [7, 11) is -1.33. The van der Waals surface area contributed by atoms with Gasteiger partial charge in [0.25, 0.3) is 21.8 Å². The number of nitrogens with zero attached hydrogens (tertiary/aromatic N) is 1. The van der Waals surface area contributed by atoms with Crippen LogP contribution in [0.4, 0.5) is 0 Å². The number of ketones is 2. The Morgan fingerprint density at radius 2 is 1.64 bits per heavy atom. The average Bonchev–Trinajstić information content (AvgIpc) is 3.30. The van der Waals surface area contributed by atoms with Crippen molar-refractivity contribution in [1.29, 1.82) is 0 Å². The molecule has 16 nitrogen and oxygen atoms in total. The van der Waals surface area contributed by atoms with Crippen molar-refractivity contribution in [3.05, 3.63) is 59.8 Å². The van der Waals surface area contributed by atoms with E-state index in [1.165, 1.54) is 12.0 Å². The largest absolute Gasteiger partial charge is 0.461 e. The quantitative estimate of drug-likeness (QED) is 0.0608. The van der Waals surface area contributed by atoms with Crippen LogP contribution in [0, 0.1) is 29.6 Å². The second-order valence-electron chi connectivity index (χ2n) is 20.4. The van der Waals surface area contributed by atoms with Gasteiger partial charge in [0.05, 0.1) is 24.1 Å². The summed E-state index contributed by atoms with van der Waals surface area (Å²) in [6.07, 6.45) is 12.6. The van der Waals surface area contributed by atoms with Crippen molar-refractivity contribution >= 4 is 33.6 Å². The molecule has 69 heavy (non-hydrogen) atoms. The molecule has 0 radical (unpaired) electrons. The highest BCUT2D eigenvalue weighted by Crippen LogP contribution is 2.37. The molecule has 4 aliphatic rings. The Bertz CT molecular complexity index is 2000. The predicted molar refractivity (Wildman–Crippen MR) is 262 cm³/mol. The van der Waals surface area contributed by atoms with E-state index in [9.17, 15) is 47.5 Å². The van der Waals surface area contributed by atoms with Gasteiger partial charge in [-0.2, -0.15) is 8.42 Å². The zero-order valence-electron chi connectivity index (χ0n) is 42.2. The van der Waals surface area contributed by atoms with Crippen molar-refractivity contribution in [2.75, 3.05) is 33.1 Å². The maximum absolute atomic E-state index is 14.4. The first-order valence-electron chi connectivity index (χ1n) is 25.0. The minimum Gasteiger partial charge on any atom is -0.461 e. The molecular weight excluding hydrogens is 909 g/mol. The highest BCUT2D eigenvalue weighted by atomic mass is 32.2. The Morgan fingerprint density at radius 3 is 2.32 bits per heavy atom. The van der Waals surface area contributed by atoms with Crippen molar-refractivity contribution in [2.45, 2.75) is 180 Å². The lowest BCUT2D eigenvalue weighted by Gasteiger charge is -2.43. The highest BCUT2D eigenvalue weighted by molar-refractivity contribution is 7.85. The van der Waals surface area contributed by atoms with Crippen LogP contribution in [0.15, 0.2) is 59.8 Å². The summed E-state index contributed by atoms with van der Waals surface area (Å²) in [6, 6.07) is -1.63. The number of cyclic esters (lactones) is 1. The second-order valence-corrected chi connectivity index (χ2v) is 22.0. The predicted octanol–water partition coefficient (Wildman–Crippen LogP) is 5.75. The molecule has 0 aromatic rings. The van der Waals surface area contributed by atoms with E-state index in [1.807, 2.05) is 52.0 Å². The topological polar surface area (TPSA) is 236 Å². The van der Waals surface area contributed by atoms with E-state index in [2.05, 4.69) is 11.9 Å². The van der Waals surface area contributed by atoms with E-state index in [-0.39, 0.29) is 55.7 Å². The third-order valence-corrected chi connectivity index (χ3v) is 15.4. The van der Waals surface area contributed by atoms with E-state index in [0.29, 0.717) is 75.4 Å². The van der Waals surface area contributed by atoms with Crippen LogP contribution in [-0.4, -0.2) is 144 Å². The molecule has 1 saturated carbocycles. The molecule has 2 saturated heterocycles. The van der Waals surface area contributed by atoms with E-state index in [4.69, 9.17) is 18.9 Å². The van der Waals surface area contributed by atoms with Gasteiger partial charge in [0.1, 0.15) is 24.4 Å². The molecule has 3 heterocycles. The smallest absolute Gasteiger partial charge is 0.329 e. The van der Waals surface area contributed by atoms with Gasteiger partial charge in [-0.3, -0.25) is 18.9 Å². The number of Topliss-reactive ketones (excluding diaryl/α,β-unsaturated/α-hetero) is 2. The minimum atomic E-state index is -4.29. The number of aliphatic hydroxyl groups is 3. The third kappa shape index (κ3) is 16.8. The summed E-state index contributed by atoms with van der Waals surface area (Å²) in [5, 5.41) is 37.2. The molecule has 0 spiro atoms. The number of nitrogens with one attached hydrogen (secondary N) is 1. The SMILES string of the molecule is C=C1C[C@H](C)/C=C/C=C/C=C(\C)[C@H](NCCS(=O)(=O)O)C[C@@H]2CC[C@@H](C)[C@@](O)(O2)C(=O)C(=O)N2CCCC[C@H]2C(=O)O[C@H]([C@H](C)C[C@@H]2CC[C@@H](O)[C@H](OC)C2)CC[C@H](C)/C=C(\C)[C@@H](O)[C@@H](OC)C1=O. The number of piperidine rings is 1. The molecule has 17 heteroatoms. The number of methoxy groups -OCH3 is 2. The van der Waals surface area contributed by atoms with E-state index in [1.54, 1.807) is 33.1 Å². The summed E-state index contributed by atoms with van der Waals surface area (Å²) >= 11 is 0. The average molecular weight is 991 g/mol. The summed E-state index contributed by atoms with van der Waals surface area (Å²) in [5.41, 5.74) is 1.59.